The van der Waals surface area contributed by atoms with Gasteiger partial charge in [-0.25, -0.2) is 9.97 Å². The van der Waals surface area contributed by atoms with Gasteiger partial charge in [0.2, 0.25) is 5.91 Å². The lowest BCUT2D eigenvalue weighted by Crippen LogP contribution is -2.38. The van der Waals surface area contributed by atoms with Crippen LogP contribution >= 0.6 is 0 Å². The van der Waals surface area contributed by atoms with Crippen molar-refractivity contribution in [3.8, 4) is 0 Å². The van der Waals surface area contributed by atoms with E-state index in [1.165, 1.54) is 0 Å². The highest BCUT2D eigenvalue weighted by atomic mass is 16.5. The number of carbonyl (C=O) groups excluding carboxylic acids is 1. The van der Waals surface area contributed by atoms with E-state index in [-0.39, 0.29) is 11.8 Å². The predicted octanol–water partition coefficient (Wildman–Crippen LogP) is 0.896. The fourth-order valence-corrected chi connectivity index (χ4v) is 3.46. The van der Waals surface area contributed by atoms with E-state index in [0.29, 0.717) is 31.6 Å². The summed E-state index contributed by atoms with van der Waals surface area (Å²) in [6.07, 6.45) is 4.58. The van der Waals surface area contributed by atoms with Crippen molar-refractivity contribution >= 4 is 5.91 Å². The summed E-state index contributed by atoms with van der Waals surface area (Å²) in [6, 6.07) is 0.349. The van der Waals surface area contributed by atoms with Crippen LogP contribution in [0.4, 0.5) is 0 Å². The molecule has 1 aromatic heterocycles. The Kier molecular flexibility index (Phi) is 4.69. The molecule has 0 aromatic carbocycles. The highest BCUT2D eigenvalue weighted by Crippen LogP contribution is 2.25. The molecule has 2 aliphatic rings. The van der Waals surface area contributed by atoms with Crippen molar-refractivity contribution in [3.05, 3.63) is 23.3 Å². The van der Waals surface area contributed by atoms with Gasteiger partial charge in [0.1, 0.15) is 5.82 Å². The van der Waals surface area contributed by atoms with Gasteiger partial charge in [0.25, 0.3) is 0 Å². The molecule has 3 heterocycles. The van der Waals surface area contributed by atoms with Gasteiger partial charge in [-0.3, -0.25) is 4.79 Å². The molecule has 6 heteroatoms. The number of nitrogens with zero attached hydrogens (tertiary/aromatic N) is 3. The average molecular weight is 304 g/mol. The molecule has 0 bridgehead atoms. The van der Waals surface area contributed by atoms with E-state index in [0.717, 1.165) is 37.1 Å². The molecule has 0 saturated carbocycles. The summed E-state index contributed by atoms with van der Waals surface area (Å²) >= 11 is 0. The number of ether oxygens (including phenoxy) is 1. The van der Waals surface area contributed by atoms with Crippen LogP contribution in [0.15, 0.2) is 6.20 Å². The fraction of sp³-hybridized carbons (Fsp3) is 0.688. The molecular weight excluding hydrogens is 280 g/mol. The Morgan fingerprint density at radius 1 is 1.55 bits per heavy atom. The maximum Gasteiger partial charge on any atom is 0.225 e. The Hall–Kier alpha value is -1.53. The first-order valence-corrected chi connectivity index (χ1v) is 8.08. The summed E-state index contributed by atoms with van der Waals surface area (Å²) in [5, 5.41) is 3.01. The lowest BCUT2D eigenvalue weighted by atomic mass is 9.97. The highest BCUT2D eigenvalue weighted by Gasteiger charge is 2.35. The van der Waals surface area contributed by atoms with Gasteiger partial charge in [0.15, 0.2) is 0 Å². The zero-order valence-electron chi connectivity index (χ0n) is 13.3. The first kappa shape index (κ1) is 15.4. The van der Waals surface area contributed by atoms with Crippen LogP contribution in [-0.4, -0.2) is 47.0 Å². The zero-order valence-corrected chi connectivity index (χ0v) is 13.3. The number of amides is 1. The molecule has 22 heavy (non-hydrogen) atoms. The maximum absolute atomic E-state index is 12.4. The fourth-order valence-electron chi connectivity index (χ4n) is 3.46. The van der Waals surface area contributed by atoms with E-state index in [4.69, 9.17) is 4.74 Å². The van der Waals surface area contributed by atoms with Crippen LogP contribution in [-0.2, 0) is 29.1 Å². The van der Waals surface area contributed by atoms with Crippen LogP contribution in [0.1, 0.15) is 36.8 Å². The number of rotatable bonds is 4. The molecule has 120 valence electrons. The van der Waals surface area contributed by atoms with Crippen molar-refractivity contribution in [1.82, 2.24) is 20.2 Å². The second kappa shape index (κ2) is 6.71. The van der Waals surface area contributed by atoms with Gasteiger partial charge in [-0.15, -0.1) is 0 Å². The third kappa shape index (κ3) is 3.13. The summed E-state index contributed by atoms with van der Waals surface area (Å²) in [5.41, 5.74) is 2.11. The van der Waals surface area contributed by atoms with Crippen LogP contribution in [0.3, 0.4) is 0 Å². The molecule has 0 aliphatic carbocycles. The molecule has 1 saturated heterocycles. The Balaban J connectivity index is 1.59. The van der Waals surface area contributed by atoms with Crippen molar-refractivity contribution in [2.75, 3.05) is 20.2 Å². The molecule has 6 nitrogen and oxygen atoms in total. The Labute approximate surface area is 131 Å². The number of carbonyl (C=O) groups is 1. The molecule has 2 aliphatic heterocycles. The van der Waals surface area contributed by atoms with Gasteiger partial charge in [-0.1, -0.05) is 6.92 Å². The minimum atomic E-state index is 0.0843. The van der Waals surface area contributed by atoms with E-state index >= 15 is 0 Å². The molecule has 0 radical (unpaired) electrons. The van der Waals surface area contributed by atoms with Crippen molar-refractivity contribution in [3.63, 3.8) is 0 Å². The summed E-state index contributed by atoms with van der Waals surface area (Å²) in [4.78, 5) is 23.6. The van der Waals surface area contributed by atoms with Gasteiger partial charge in [0.05, 0.1) is 31.4 Å². The second-order valence-electron chi connectivity index (χ2n) is 6.13. The third-order valence-corrected chi connectivity index (χ3v) is 4.74. The summed E-state index contributed by atoms with van der Waals surface area (Å²) < 4.78 is 5.38. The van der Waals surface area contributed by atoms with Crippen LogP contribution in [0, 0.1) is 5.92 Å². The van der Waals surface area contributed by atoms with E-state index in [1.807, 2.05) is 6.20 Å². The molecule has 1 fully saturated rings. The summed E-state index contributed by atoms with van der Waals surface area (Å²) in [5.74, 6) is 0.898. The molecule has 1 amide bonds. The van der Waals surface area contributed by atoms with Crippen LogP contribution < -0.4 is 5.32 Å². The van der Waals surface area contributed by atoms with Crippen molar-refractivity contribution in [2.24, 2.45) is 5.92 Å². The minimum absolute atomic E-state index is 0.0843. The van der Waals surface area contributed by atoms with Crippen LogP contribution in [0.2, 0.25) is 0 Å². The van der Waals surface area contributed by atoms with Crippen LogP contribution in [0.5, 0.6) is 0 Å². The molecule has 1 N–H and O–H groups in total. The van der Waals surface area contributed by atoms with Gasteiger partial charge in [0, 0.05) is 24.2 Å². The Bertz CT molecular complexity index is 549. The smallest absolute Gasteiger partial charge is 0.225 e. The molecule has 0 unspecified atom stereocenters. The van der Waals surface area contributed by atoms with Gasteiger partial charge in [-0.05, 0) is 26.4 Å². The minimum Gasteiger partial charge on any atom is -0.376 e. The molecular formula is C16H24N4O2. The van der Waals surface area contributed by atoms with E-state index in [1.54, 1.807) is 0 Å². The van der Waals surface area contributed by atoms with E-state index in [2.05, 4.69) is 34.2 Å². The zero-order chi connectivity index (χ0) is 15.5. The monoisotopic (exact) mass is 304 g/mol. The number of hydrogen-bond acceptors (Lipinski definition) is 5. The molecule has 1 aromatic rings. The lowest BCUT2D eigenvalue weighted by molar-refractivity contribution is -0.125. The van der Waals surface area contributed by atoms with E-state index < -0.39 is 0 Å². The number of nitrogens with one attached hydrogen (secondary N) is 1. The van der Waals surface area contributed by atoms with Gasteiger partial charge >= 0.3 is 0 Å². The number of hydrogen-bond donors (Lipinski definition) is 1. The first-order chi connectivity index (χ1) is 10.7. The number of fused-ring (bicyclic) bond motifs is 1. The van der Waals surface area contributed by atoms with E-state index in [9.17, 15) is 4.79 Å². The maximum atomic E-state index is 12.4. The third-order valence-electron chi connectivity index (χ3n) is 4.74. The standard InChI is InChI=1S/C16H24N4O2/c1-3-14-12(4-6-20(14)2)16(21)18-9-15-17-8-11-10-22-7-5-13(11)19-15/h8,12,14H,3-7,9-10H2,1-2H3,(H,18,21)/t12-,14+/m0/s1. The van der Waals surface area contributed by atoms with Crippen molar-refractivity contribution < 1.29 is 9.53 Å². The largest absolute Gasteiger partial charge is 0.376 e. The second-order valence-corrected chi connectivity index (χ2v) is 6.13. The summed E-state index contributed by atoms with van der Waals surface area (Å²) in [6.45, 7) is 4.84. The lowest BCUT2D eigenvalue weighted by Gasteiger charge is -2.22. The molecule has 3 rings (SSSR count). The SMILES string of the molecule is CC[C@@H]1[C@@H](C(=O)NCc2ncc3c(n2)CCOC3)CCN1C. The van der Waals surface area contributed by atoms with Crippen molar-refractivity contribution in [1.29, 1.82) is 0 Å². The Morgan fingerprint density at radius 3 is 3.23 bits per heavy atom. The van der Waals surface area contributed by atoms with Gasteiger partial charge < -0.3 is 15.0 Å². The van der Waals surface area contributed by atoms with Crippen molar-refractivity contribution in [2.45, 2.75) is 45.4 Å². The topological polar surface area (TPSA) is 67.3 Å². The average Bonchev–Trinajstić information content (AvgIpc) is 2.93. The number of likely N-dealkylation sites (tertiary alicyclic amines) is 1. The highest BCUT2D eigenvalue weighted by molar-refractivity contribution is 5.79. The predicted molar refractivity (Wildman–Crippen MR) is 82.1 cm³/mol. The quantitative estimate of drug-likeness (QED) is 0.895. The summed E-state index contributed by atoms with van der Waals surface area (Å²) in [7, 11) is 2.09. The van der Waals surface area contributed by atoms with Crippen LogP contribution in [0.25, 0.3) is 0 Å². The number of aromatic nitrogens is 2. The Morgan fingerprint density at radius 2 is 2.41 bits per heavy atom. The molecule has 0 spiro atoms. The first-order valence-electron chi connectivity index (χ1n) is 8.08. The molecule has 2 atom stereocenters. The normalized spacial score (nSPS) is 25.0. The van der Waals surface area contributed by atoms with Gasteiger partial charge in [-0.2, -0.15) is 0 Å².